The molecule has 0 spiro atoms. The molecule has 0 bridgehead atoms. The Morgan fingerprint density at radius 1 is 1.11 bits per heavy atom. The zero-order chi connectivity index (χ0) is 13.2. The van der Waals surface area contributed by atoms with E-state index in [0.717, 1.165) is 16.8 Å². The number of hydrogen-bond acceptors (Lipinski definition) is 2. The number of nitrogens with one attached hydrogen (secondary N) is 1. The van der Waals surface area contributed by atoms with Crippen molar-refractivity contribution in [2.45, 2.75) is 6.92 Å². The van der Waals surface area contributed by atoms with Gasteiger partial charge in [0.1, 0.15) is 11.6 Å². The van der Waals surface area contributed by atoms with Crippen molar-refractivity contribution in [3.63, 3.8) is 0 Å². The maximum absolute atomic E-state index is 13.5. The number of pyridine rings is 1. The number of hydrogen-bond donors (Lipinski definition) is 1. The van der Waals surface area contributed by atoms with Crippen molar-refractivity contribution in [3.05, 3.63) is 60.3 Å². The summed E-state index contributed by atoms with van der Waals surface area (Å²) in [5.74, 6) is 0.438. The zero-order valence-electron chi connectivity index (χ0n) is 10.4. The number of imidazole rings is 1. The largest absolute Gasteiger partial charge is 0.338 e. The Hall–Kier alpha value is -2.49. The van der Waals surface area contributed by atoms with Crippen molar-refractivity contribution in [1.82, 2.24) is 15.0 Å². The fraction of sp³-hybridized carbons (Fsp3) is 0.0667. The van der Waals surface area contributed by atoms with Crippen LogP contribution < -0.4 is 0 Å². The molecule has 3 aromatic rings. The maximum Gasteiger partial charge on any atom is 0.138 e. The molecule has 0 atom stereocenters. The summed E-state index contributed by atoms with van der Waals surface area (Å²) < 4.78 is 13.5. The van der Waals surface area contributed by atoms with Crippen LogP contribution in [0.5, 0.6) is 0 Å². The lowest BCUT2D eigenvalue weighted by Gasteiger charge is -2.03. The third-order valence-corrected chi connectivity index (χ3v) is 3.07. The number of benzene rings is 1. The summed E-state index contributed by atoms with van der Waals surface area (Å²) >= 11 is 0. The van der Waals surface area contributed by atoms with E-state index >= 15 is 0 Å². The quantitative estimate of drug-likeness (QED) is 0.758. The van der Waals surface area contributed by atoms with E-state index in [1.165, 1.54) is 6.07 Å². The van der Waals surface area contributed by atoms with Crippen LogP contribution in [0.15, 0.2) is 48.9 Å². The highest BCUT2D eigenvalue weighted by Gasteiger charge is 2.10. The first-order valence-electron chi connectivity index (χ1n) is 5.96. The lowest BCUT2D eigenvalue weighted by Crippen LogP contribution is -1.89. The van der Waals surface area contributed by atoms with Crippen LogP contribution in [0.1, 0.15) is 5.56 Å². The van der Waals surface area contributed by atoms with E-state index in [1.807, 2.05) is 18.2 Å². The first-order chi connectivity index (χ1) is 9.25. The predicted octanol–water partition coefficient (Wildman–Crippen LogP) is 3.59. The van der Waals surface area contributed by atoms with Gasteiger partial charge in [0.2, 0.25) is 0 Å². The highest BCUT2D eigenvalue weighted by molar-refractivity contribution is 5.65. The third kappa shape index (κ3) is 2.12. The van der Waals surface area contributed by atoms with E-state index in [2.05, 4.69) is 15.0 Å². The summed E-state index contributed by atoms with van der Waals surface area (Å²) in [5, 5.41) is 0. The number of aromatic nitrogens is 3. The zero-order valence-corrected chi connectivity index (χ0v) is 10.4. The second-order valence-electron chi connectivity index (χ2n) is 4.30. The Bertz CT molecular complexity index is 704. The first-order valence-corrected chi connectivity index (χ1v) is 5.96. The molecule has 0 aliphatic rings. The van der Waals surface area contributed by atoms with Gasteiger partial charge >= 0.3 is 0 Å². The van der Waals surface area contributed by atoms with Gasteiger partial charge in [0.05, 0.1) is 11.9 Å². The van der Waals surface area contributed by atoms with Gasteiger partial charge in [0.25, 0.3) is 0 Å². The fourth-order valence-corrected chi connectivity index (χ4v) is 1.99. The van der Waals surface area contributed by atoms with Crippen LogP contribution in [-0.4, -0.2) is 15.0 Å². The minimum absolute atomic E-state index is 0.225. The van der Waals surface area contributed by atoms with Gasteiger partial charge in [0.15, 0.2) is 0 Å². The molecule has 0 fully saturated rings. The van der Waals surface area contributed by atoms with Crippen LogP contribution in [-0.2, 0) is 0 Å². The van der Waals surface area contributed by atoms with E-state index in [4.69, 9.17) is 0 Å². The molecule has 0 amide bonds. The van der Waals surface area contributed by atoms with Crippen LogP contribution in [0, 0.1) is 12.7 Å². The Morgan fingerprint density at radius 3 is 2.79 bits per heavy atom. The molecule has 3 rings (SSSR count). The fourth-order valence-electron chi connectivity index (χ4n) is 1.99. The molecule has 0 aliphatic carbocycles. The smallest absolute Gasteiger partial charge is 0.138 e. The van der Waals surface area contributed by atoms with Crippen LogP contribution in [0.2, 0.25) is 0 Å². The van der Waals surface area contributed by atoms with Gasteiger partial charge in [-0.2, -0.15) is 0 Å². The number of aromatic amines is 1. The monoisotopic (exact) mass is 253 g/mol. The van der Waals surface area contributed by atoms with Crippen LogP contribution >= 0.6 is 0 Å². The maximum atomic E-state index is 13.5. The predicted molar refractivity (Wildman–Crippen MR) is 71.9 cm³/mol. The first kappa shape index (κ1) is 11.6. The summed E-state index contributed by atoms with van der Waals surface area (Å²) in [4.78, 5) is 11.6. The second kappa shape index (κ2) is 4.65. The summed E-state index contributed by atoms with van der Waals surface area (Å²) in [7, 11) is 0. The van der Waals surface area contributed by atoms with Gasteiger partial charge < -0.3 is 4.98 Å². The molecule has 0 saturated carbocycles. The average Bonchev–Trinajstić information content (AvgIpc) is 2.92. The molecule has 0 radical (unpaired) electrons. The molecule has 1 aromatic carbocycles. The Labute approximate surface area is 110 Å². The number of H-pyrrole nitrogens is 1. The Morgan fingerprint density at radius 2 is 2.00 bits per heavy atom. The second-order valence-corrected chi connectivity index (χ2v) is 4.30. The number of nitrogens with zero attached hydrogens (tertiary/aromatic N) is 2. The molecule has 2 aromatic heterocycles. The van der Waals surface area contributed by atoms with Crippen molar-refractivity contribution >= 4 is 0 Å². The van der Waals surface area contributed by atoms with Crippen molar-refractivity contribution < 1.29 is 4.39 Å². The average molecular weight is 253 g/mol. The number of halogens is 1. The molecule has 1 N–H and O–H groups in total. The molecule has 4 heteroatoms. The van der Waals surface area contributed by atoms with Crippen LogP contribution in [0.25, 0.3) is 22.6 Å². The van der Waals surface area contributed by atoms with Crippen LogP contribution in [0.4, 0.5) is 4.39 Å². The highest BCUT2D eigenvalue weighted by Crippen LogP contribution is 2.25. The molecule has 3 nitrogen and oxygen atoms in total. The Kier molecular flexibility index (Phi) is 2.83. The van der Waals surface area contributed by atoms with Gasteiger partial charge in [-0.1, -0.05) is 12.1 Å². The van der Waals surface area contributed by atoms with E-state index in [9.17, 15) is 4.39 Å². The molecule has 19 heavy (non-hydrogen) atoms. The van der Waals surface area contributed by atoms with E-state index in [0.29, 0.717) is 11.4 Å². The summed E-state index contributed by atoms with van der Waals surface area (Å²) in [6.07, 6.45) is 5.21. The van der Waals surface area contributed by atoms with Crippen molar-refractivity contribution in [2.24, 2.45) is 0 Å². The minimum atomic E-state index is -0.225. The molecule has 2 heterocycles. The standard InChI is InChI=1S/C15H12FN3/c1-10-12(5-2-6-13(10)16)15-18-9-14(19-15)11-4-3-7-17-8-11/h2-9H,1H3,(H,18,19). The molecular weight excluding hydrogens is 241 g/mol. The number of rotatable bonds is 2. The van der Waals surface area contributed by atoms with Crippen molar-refractivity contribution in [2.75, 3.05) is 0 Å². The SMILES string of the molecule is Cc1c(F)cccc1-c1ncc(-c2cccnc2)[nH]1. The third-order valence-electron chi connectivity index (χ3n) is 3.07. The molecule has 0 saturated heterocycles. The summed E-state index contributed by atoms with van der Waals surface area (Å²) in [5.41, 5.74) is 3.19. The summed E-state index contributed by atoms with van der Waals surface area (Å²) in [6, 6.07) is 8.80. The van der Waals surface area contributed by atoms with Gasteiger partial charge in [-0.25, -0.2) is 9.37 Å². The lowest BCUT2D eigenvalue weighted by atomic mass is 10.1. The van der Waals surface area contributed by atoms with Gasteiger partial charge in [-0.05, 0) is 30.7 Å². The normalized spacial score (nSPS) is 10.6. The molecule has 0 aliphatic heterocycles. The van der Waals surface area contributed by atoms with E-state index < -0.39 is 0 Å². The molecular formula is C15H12FN3. The van der Waals surface area contributed by atoms with Crippen molar-refractivity contribution in [3.8, 4) is 22.6 Å². The van der Waals surface area contributed by atoms with Gasteiger partial charge in [0, 0.05) is 23.5 Å². The lowest BCUT2D eigenvalue weighted by molar-refractivity contribution is 0.619. The van der Waals surface area contributed by atoms with Gasteiger partial charge in [-0.3, -0.25) is 4.98 Å². The van der Waals surface area contributed by atoms with E-state index in [-0.39, 0.29) is 5.82 Å². The highest BCUT2D eigenvalue weighted by atomic mass is 19.1. The van der Waals surface area contributed by atoms with Gasteiger partial charge in [-0.15, -0.1) is 0 Å². The van der Waals surface area contributed by atoms with E-state index in [1.54, 1.807) is 31.6 Å². The summed E-state index contributed by atoms with van der Waals surface area (Å²) in [6.45, 7) is 1.75. The molecule has 94 valence electrons. The topological polar surface area (TPSA) is 41.6 Å². The van der Waals surface area contributed by atoms with Crippen molar-refractivity contribution in [1.29, 1.82) is 0 Å². The minimum Gasteiger partial charge on any atom is -0.338 e. The Balaban J connectivity index is 2.05. The molecule has 0 unspecified atom stereocenters. The van der Waals surface area contributed by atoms with Crippen LogP contribution in [0.3, 0.4) is 0 Å².